The van der Waals surface area contributed by atoms with Crippen molar-refractivity contribution >= 4 is 11.8 Å². The molecule has 2 aliphatic rings. The van der Waals surface area contributed by atoms with Gasteiger partial charge in [-0.05, 0) is 67.6 Å². The molecule has 2 aromatic carbocycles. The van der Waals surface area contributed by atoms with E-state index >= 15 is 0 Å². The van der Waals surface area contributed by atoms with Crippen molar-refractivity contribution in [3.05, 3.63) is 65.5 Å². The fraction of sp³-hybridized carbons (Fsp3) is 0.391. The Kier molecular flexibility index (Phi) is 5.26. The number of nitrogens with zero attached hydrogens (tertiary/aromatic N) is 1. The summed E-state index contributed by atoms with van der Waals surface area (Å²) in [5, 5.41) is 3.23. The maximum atomic E-state index is 13.1. The van der Waals surface area contributed by atoms with Crippen molar-refractivity contribution in [3.63, 3.8) is 0 Å². The first-order valence-electron chi connectivity index (χ1n) is 10.0. The van der Waals surface area contributed by atoms with Crippen LogP contribution < -0.4 is 10.1 Å². The van der Waals surface area contributed by atoms with Gasteiger partial charge in [-0.3, -0.25) is 9.59 Å². The second-order valence-electron chi connectivity index (χ2n) is 7.90. The Balaban J connectivity index is 1.42. The van der Waals surface area contributed by atoms with E-state index in [1.165, 1.54) is 24.3 Å². The lowest BCUT2D eigenvalue weighted by Crippen LogP contribution is -2.47. The highest BCUT2D eigenvalue weighted by Gasteiger charge is 2.47. The minimum atomic E-state index is -0.371. The van der Waals surface area contributed by atoms with Crippen LogP contribution in [0.2, 0.25) is 0 Å². The van der Waals surface area contributed by atoms with E-state index in [4.69, 9.17) is 4.74 Å². The van der Waals surface area contributed by atoms with Crippen LogP contribution in [0.15, 0.2) is 48.5 Å². The molecule has 2 fully saturated rings. The van der Waals surface area contributed by atoms with Crippen LogP contribution in [0, 0.1) is 11.7 Å². The van der Waals surface area contributed by atoms with Crippen molar-refractivity contribution in [1.29, 1.82) is 0 Å². The van der Waals surface area contributed by atoms with Crippen LogP contribution in [0.5, 0.6) is 5.75 Å². The Morgan fingerprint density at radius 2 is 1.93 bits per heavy atom. The molecule has 29 heavy (non-hydrogen) atoms. The van der Waals surface area contributed by atoms with E-state index in [2.05, 4.69) is 5.32 Å². The third-order valence-corrected chi connectivity index (χ3v) is 5.91. The van der Waals surface area contributed by atoms with Gasteiger partial charge >= 0.3 is 0 Å². The summed E-state index contributed by atoms with van der Waals surface area (Å²) < 4.78 is 18.4. The summed E-state index contributed by atoms with van der Waals surface area (Å²) in [5.74, 6) is -0.00364. The molecule has 5 nitrogen and oxygen atoms in total. The lowest BCUT2D eigenvalue weighted by Gasteiger charge is -2.33. The molecule has 0 aromatic heterocycles. The molecule has 0 radical (unpaired) electrons. The summed E-state index contributed by atoms with van der Waals surface area (Å²) in [5.41, 5.74) is 1.18. The fourth-order valence-corrected chi connectivity index (χ4v) is 4.02. The molecule has 6 heteroatoms. The van der Waals surface area contributed by atoms with Gasteiger partial charge in [-0.1, -0.05) is 12.1 Å². The smallest absolute Gasteiger partial charge is 0.253 e. The number of carbonyl (C=O) groups is 2. The Morgan fingerprint density at radius 1 is 1.17 bits per heavy atom. The number of methoxy groups -OCH3 is 1. The van der Waals surface area contributed by atoms with Crippen LogP contribution in [-0.2, 0) is 10.3 Å². The number of carbonyl (C=O) groups excluding carboxylic acids is 2. The lowest BCUT2D eigenvalue weighted by atomic mass is 9.95. The summed E-state index contributed by atoms with van der Waals surface area (Å²) in [6.07, 6.45) is 3.33. The summed E-state index contributed by atoms with van der Waals surface area (Å²) in [7, 11) is 1.63. The van der Waals surface area contributed by atoms with E-state index in [9.17, 15) is 14.0 Å². The number of amides is 2. The number of hydrogen-bond acceptors (Lipinski definition) is 3. The monoisotopic (exact) mass is 396 g/mol. The number of ether oxygens (including phenoxy) is 1. The zero-order valence-corrected chi connectivity index (χ0v) is 16.5. The van der Waals surface area contributed by atoms with Gasteiger partial charge in [0.2, 0.25) is 5.91 Å². The Labute approximate surface area is 169 Å². The van der Waals surface area contributed by atoms with Gasteiger partial charge in [-0.15, -0.1) is 0 Å². The van der Waals surface area contributed by atoms with Crippen molar-refractivity contribution < 1.29 is 18.7 Å². The van der Waals surface area contributed by atoms with Gasteiger partial charge in [0.25, 0.3) is 5.91 Å². The summed E-state index contributed by atoms with van der Waals surface area (Å²) in [6, 6.07) is 13.4. The van der Waals surface area contributed by atoms with Gasteiger partial charge in [-0.2, -0.15) is 0 Å². The molecule has 4 rings (SSSR count). The molecular weight excluding hydrogens is 371 g/mol. The zero-order valence-electron chi connectivity index (χ0n) is 16.5. The molecule has 2 amide bonds. The second-order valence-corrected chi connectivity index (χ2v) is 7.90. The maximum Gasteiger partial charge on any atom is 0.253 e. The number of hydrogen-bond donors (Lipinski definition) is 1. The highest BCUT2D eigenvalue weighted by atomic mass is 19.1. The molecule has 1 unspecified atom stereocenters. The molecule has 1 aliphatic carbocycles. The molecule has 0 spiro atoms. The van der Waals surface area contributed by atoms with Crippen molar-refractivity contribution in [2.45, 2.75) is 31.2 Å². The number of nitrogens with one attached hydrogen (secondary N) is 1. The summed E-state index contributed by atoms with van der Waals surface area (Å²) in [4.78, 5) is 27.4. The zero-order chi connectivity index (χ0) is 20.4. The average molecular weight is 396 g/mol. The molecule has 1 aliphatic heterocycles. The molecule has 152 valence electrons. The van der Waals surface area contributed by atoms with E-state index < -0.39 is 0 Å². The predicted molar refractivity (Wildman–Crippen MR) is 107 cm³/mol. The number of benzene rings is 2. The summed E-state index contributed by atoms with van der Waals surface area (Å²) in [6.45, 7) is 0.997. The van der Waals surface area contributed by atoms with Crippen LogP contribution in [-0.4, -0.2) is 36.9 Å². The van der Waals surface area contributed by atoms with Crippen molar-refractivity contribution in [1.82, 2.24) is 10.2 Å². The highest BCUT2D eigenvalue weighted by Crippen LogP contribution is 2.46. The van der Waals surface area contributed by atoms with E-state index in [0.717, 1.165) is 37.0 Å². The van der Waals surface area contributed by atoms with Crippen molar-refractivity contribution in [2.75, 3.05) is 20.2 Å². The molecule has 1 saturated carbocycles. The molecule has 2 aromatic rings. The fourth-order valence-electron chi connectivity index (χ4n) is 4.02. The Bertz CT molecular complexity index is 909. The predicted octanol–water partition coefficient (Wildman–Crippen LogP) is 3.49. The van der Waals surface area contributed by atoms with Crippen LogP contribution in [0.4, 0.5) is 4.39 Å². The Morgan fingerprint density at radius 3 is 2.62 bits per heavy atom. The van der Waals surface area contributed by atoms with Crippen LogP contribution in [0.3, 0.4) is 0 Å². The molecule has 1 N–H and O–H groups in total. The SMILES string of the molecule is COc1cccc(C2(NC(=O)C3CCCN(C(=O)c4ccc(F)cc4)C3)CC2)c1. The van der Waals surface area contributed by atoms with Crippen LogP contribution >= 0.6 is 0 Å². The number of likely N-dealkylation sites (tertiary alicyclic amines) is 1. The van der Waals surface area contributed by atoms with E-state index in [0.29, 0.717) is 18.7 Å². The van der Waals surface area contributed by atoms with Crippen molar-refractivity contribution in [2.24, 2.45) is 5.92 Å². The largest absolute Gasteiger partial charge is 0.497 e. The van der Waals surface area contributed by atoms with E-state index in [1.54, 1.807) is 12.0 Å². The Hall–Kier alpha value is -2.89. The quantitative estimate of drug-likeness (QED) is 0.842. The van der Waals surface area contributed by atoms with Gasteiger partial charge in [0.1, 0.15) is 11.6 Å². The minimum Gasteiger partial charge on any atom is -0.497 e. The van der Waals surface area contributed by atoms with Gasteiger partial charge in [-0.25, -0.2) is 4.39 Å². The first-order valence-corrected chi connectivity index (χ1v) is 10.0. The maximum absolute atomic E-state index is 13.1. The van der Waals surface area contributed by atoms with Gasteiger partial charge < -0.3 is 15.0 Å². The van der Waals surface area contributed by atoms with Gasteiger partial charge in [0.05, 0.1) is 18.6 Å². The molecular formula is C23H25FN2O3. The van der Waals surface area contributed by atoms with Gasteiger partial charge in [0.15, 0.2) is 0 Å². The third-order valence-electron chi connectivity index (χ3n) is 5.91. The molecule has 1 atom stereocenters. The minimum absolute atomic E-state index is 0.0121. The third kappa shape index (κ3) is 4.11. The number of halogens is 1. The highest BCUT2D eigenvalue weighted by molar-refractivity contribution is 5.94. The van der Waals surface area contributed by atoms with Gasteiger partial charge in [0, 0.05) is 18.7 Å². The molecule has 1 saturated heterocycles. The topological polar surface area (TPSA) is 58.6 Å². The van der Waals surface area contributed by atoms with Crippen molar-refractivity contribution in [3.8, 4) is 5.75 Å². The standard InChI is InChI=1S/C23H25FN2O3/c1-29-20-6-2-5-18(14-20)23(11-12-23)25-21(27)17-4-3-13-26(15-17)22(28)16-7-9-19(24)10-8-16/h2,5-10,14,17H,3-4,11-13,15H2,1H3,(H,25,27). The number of piperidine rings is 1. The second kappa shape index (κ2) is 7.85. The first kappa shape index (κ1) is 19.4. The van der Waals surface area contributed by atoms with E-state index in [1.807, 2.05) is 24.3 Å². The molecule has 0 bridgehead atoms. The summed E-state index contributed by atoms with van der Waals surface area (Å²) >= 11 is 0. The average Bonchev–Trinajstić information content (AvgIpc) is 3.54. The lowest BCUT2D eigenvalue weighted by molar-refractivity contribution is -0.127. The number of rotatable bonds is 5. The van der Waals surface area contributed by atoms with E-state index in [-0.39, 0.29) is 29.1 Å². The van der Waals surface area contributed by atoms with Crippen LogP contribution in [0.1, 0.15) is 41.6 Å². The molecule has 1 heterocycles. The van der Waals surface area contributed by atoms with Crippen LogP contribution in [0.25, 0.3) is 0 Å². The normalized spacial score (nSPS) is 20.1. The first-order chi connectivity index (χ1) is 14.0.